The summed E-state index contributed by atoms with van der Waals surface area (Å²) in [5, 5.41) is 0. The van der Waals surface area contributed by atoms with E-state index in [0.29, 0.717) is 6.42 Å². The zero-order valence-electron chi connectivity index (χ0n) is 14.0. The van der Waals surface area contributed by atoms with Crippen molar-refractivity contribution in [2.24, 2.45) is 0 Å². The molecule has 3 heteroatoms. The van der Waals surface area contributed by atoms with Gasteiger partial charge in [0.25, 0.3) is 0 Å². The number of nitrogens with zero attached hydrogens (tertiary/aromatic N) is 2. The Morgan fingerprint density at radius 3 is 2.61 bits per heavy atom. The smallest absolute Gasteiger partial charge is 0.223 e. The van der Waals surface area contributed by atoms with Gasteiger partial charge >= 0.3 is 0 Å². The first-order valence-corrected chi connectivity index (χ1v) is 8.24. The highest BCUT2D eigenvalue weighted by Crippen LogP contribution is 2.24. The van der Waals surface area contributed by atoms with Crippen molar-refractivity contribution in [1.29, 1.82) is 0 Å². The van der Waals surface area contributed by atoms with Gasteiger partial charge in [-0.3, -0.25) is 4.79 Å². The number of fused-ring (bicyclic) bond motifs is 1. The lowest BCUT2D eigenvalue weighted by Crippen LogP contribution is -2.36. The first-order chi connectivity index (χ1) is 11.1. The molecule has 3 nitrogen and oxygen atoms in total. The van der Waals surface area contributed by atoms with Gasteiger partial charge < -0.3 is 9.80 Å². The van der Waals surface area contributed by atoms with Crippen molar-refractivity contribution < 1.29 is 4.79 Å². The summed E-state index contributed by atoms with van der Waals surface area (Å²) in [6.45, 7) is 1.58. The molecule has 2 aromatic carbocycles. The topological polar surface area (TPSA) is 23.6 Å². The van der Waals surface area contributed by atoms with E-state index in [1.807, 2.05) is 23.1 Å². The zero-order chi connectivity index (χ0) is 16.2. The highest BCUT2D eigenvalue weighted by molar-refractivity contribution is 5.77. The summed E-state index contributed by atoms with van der Waals surface area (Å²) in [5.41, 5.74) is 5.12. The largest absolute Gasteiger partial charge is 0.378 e. The van der Waals surface area contributed by atoms with E-state index in [2.05, 4.69) is 49.3 Å². The van der Waals surface area contributed by atoms with Crippen LogP contribution in [0.25, 0.3) is 0 Å². The molecule has 0 spiro atoms. The van der Waals surface area contributed by atoms with Gasteiger partial charge in [0.2, 0.25) is 5.91 Å². The van der Waals surface area contributed by atoms with Gasteiger partial charge in [0, 0.05) is 39.3 Å². The second kappa shape index (κ2) is 6.86. The number of rotatable bonds is 4. The minimum atomic E-state index is 0.260. The standard InChI is InChI=1S/C20H24N2O/c1-21(2)19-10-9-18-15-22(13-12-17(18)14-19)20(23)11-8-16-6-4-3-5-7-16/h3-7,9-10,14H,8,11-13,15H2,1-2H3. The fraction of sp³-hybridized carbons (Fsp3) is 0.350. The second-order valence-electron chi connectivity index (χ2n) is 6.40. The fourth-order valence-electron chi connectivity index (χ4n) is 3.08. The third-order valence-electron chi connectivity index (χ3n) is 4.54. The van der Waals surface area contributed by atoms with Crippen LogP contribution in [-0.4, -0.2) is 31.4 Å². The van der Waals surface area contributed by atoms with Crippen LogP contribution in [0.4, 0.5) is 5.69 Å². The normalized spacial score (nSPS) is 13.6. The minimum Gasteiger partial charge on any atom is -0.378 e. The van der Waals surface area contributed by atoms with Gasteiger partial charge in [-0.15, -0.1) is 0 Å². The highest BCUT2D eigenvalue weighted by atomic mass is 16.2. The number of anilines is 1. The van der Waals surface area contributed by atoms with Crippen LogP contribution in [0.15, 0.2) is 48.5 Å². The van der Waals surface area contributed by atoms with E-state index in [-0.39, 0.29) is 5.91 Å². The van der Waals surface area contributed by atoms with Gasteiger partial charge in [0.1, 0.15) is 0 Å². The third-order valence-corrected chi connectivity index (χ3v) is 4.54. The Kier molecular flexibility index (Phi) is 4.65. The van der Waals surface area contributed by atoms with Gasteiger partial charge in [0.05, 0.1) is 0 Å². The number of hydrogen-bond acceptors (Lipinski definition) is 2. The van der Waals surface area contributed by atoms with Crippen LogP contribution < -0.4 is 4.90 Å². The van der Waals surface area contributed by atoms with Gasteiger partial charge in [-0.2, -0.15) is 0 Å². The number of carbonyl (C=O) groups is 1. The summed E-state index contributed by atoms with van der Waals surface area (Å²) < 4.78 is 0. The molecule has 1 heterocycles. The van der Waals surface area contributed by atoms with E-state index in [1.54, 1.807) is 0 Å². The van der Waals surface area contributed by atoms with Crippen molar-refractivity contribution in [2.45, 2.75) is 25.8 Å². The Labute approximate surface area is 138 Å². The van der Waals surface area contributed by atoms with Crippen LogP contribution in [0.3, 0.4) is 0 Å². The van der Waals surface area contributed by atoms with E-state index in [1.165, 1.54) is 22.4 Å². The second-order valence-corrected chi connectivity index (χ2v) is 6.40. The highest BCUT2D eigenvalue weighted by Gasteiger charge is 2.20. The molecular weight excluding hydrogens is 284 g/mol. The van der Waals surface area contributed by atoms with Crippen LogP contribution in [-0.2, 0) is 24.2 Å². The van der Waals surface area contributed by atoms with Crippen molar-refractivity contribution in [3.05, 3.63) is 65.2 Å². The van der Waals surface area contributed by atoms with E-state index >= 15 is 0 Å². The molecule has 0 bridgehead atoms. The summed E-state index contributed by atoms with van der Waals surface area (Å²) in [5.74, 6) is 0.260. The van der Waals surface area contributed by atoms with Gasteiger partial charge in [-0.1, -0.05) is 36.4 Å². The van der Waals surface area contributed by atoms with Gasteiger partial charge in [-0.05, 0) is 41.7 Å². The van der Waals surface area contributed by atoms with Gasteiger partial charge in [-0.25, -0.2) is 0 Å². The summed E-state index contributed by atoms with van der Waals surface area (Å²) in [6.07, 6.45) is 2.37. The molecule has 23 heavy (non-hydrogen) atoms. The number of benzene rings is 2. The molecule has 0 saturated carbocycles. The van der Waals surface area contributed by atoms with Crippen LogP contribution in [0.5, 0.6) is 0 Å². The molecule has 1 amide bonds. The van der Waals surface area contributed by atoms with Crippen molar-refractivity contribution >= 4 is 11.6 Å². The Balaban J connectivity index is 1.61. The minimum absolute atomic E-state index is 0.260. The predicted octanol–water partition coefficient (Wildman–Crippen LogP) is 3.27. The Hall–Kier alpha value is -2.29. The Morgan fingerprint density at radius 1 is 1.09 bits per heavy atom. The molecule has 0 saturated heterocycles. The molecule has 0 aromatic heterocycles. The lowest BCUT2D eigenvalue weighted by atomic mass is 9.98. The molecule has 1 aliphatic rings. The van der Waals surface area contributed by atoms with E-state index in [9.17, 15) is 4.79 Å². The molecule has 3 rings (SSSR count). The first kappa shape index (κ1) is 15.6. The van der Waals surface area contributed by atoms with Gasteiger partial charge in [0.15, 0.2) is 0 Å². The SMILES string of the molecule is CN(C)c1ccc2c(c1)CCN(C(=O)CCc1ccccc1)C2. The summed E-state index contributed by atoms with van der Waals surface area (Å²) in [7, 11) is 4.12. The maximum Gasteiger partial charge on any atom is 0.223 e. The van der Waals surface area contributed by atoms with Crippen molar-refractivity contribution in [1.82, 2.24) is 4.90 Å². The number of carbonyl (C=O) groups excluding carboxylic acids is 1. The molecule has 0 unspecified atom stereocenters. The Morgan fingerprint density at radius 2 is 1.87 bits per heavy atom. The average Bonchev–Trinajstić information content (AvgIpc) is 2.59. The molecule has 0 fully saturated rings. The summed E-state index contributed by atoms with van der Waals surface area (Å²) >= 11 is 0. The molecule has 0 N–H and O–H groups in total. The molecule has 0 radical (unpaired) electrons. The molecule has 1 aliphatic heterocycles. The molecule has 0 aliphatic carbocycles. The number of hydrogen-bond donors (Lipinski definition) is 0. The fourth-order valence-corrected chi connectivity index (χ4v) is 3.08. The lowest BCUT2D eigenvalue weighted by Gasteiger charge is -2.30. The molecular formula is C20H24N2O. The molecule has 0 atom stereocenters. The van der Waals surface area contributed by atoms with Crippen molar-refractivity contribution in [3.63, 3.8) is 0 Å². The number of amides is 1. The maximum atomic E-state index is 12.5. The summed E-state index contributed by atoms with van der Waals surface area (Å²) in [6, 6.07) is 16.8. The average molecular weight is 308 g/mol. The van der Waals surface area contributed by atoms with Crippen LogP contribution in [0.1, 0.15) is 23.1 Å². The monoisotopic (exact) mass is 308 g/mol. The van der Waals surface area contributed by atoms with Crippen molar-refractivity contribution in [2.75, 3.05) is 25.5 Å². The van der Waals surface area contributed by atoms with E-state index in [0.717, 1.165) is 25.9 Å². The zero-order valence-corrected chi connectivity index (χ0v) is 14.0. The van der Waals surface area contributed by atoms with Crippen LogP contribution >= 0.6 is 0 Å². The molecule has 120 valence electrons. The van der Waals surface area contributed by atoms with Crippen LogP contribution in [0.2, 0.25) is 0 Å². The maximum absolute atomic E-state index is 12.5. The quantitative estimate of drug-likeness (QED) is 0.865. The lowest BCUT2D eigenvalue weighted by molar-refractivity contribution is -0.132. The third kappa shape index (κ3) is 3.73. The number of aryl methyl sites for hydroxylation is 1. The summed E-state index contributed by atoms with van der Waals surface area (Å²) in [4.78, 5) is 16.6. The van der Waals surface area contributed by atoms with Crippen LogP contribution in [0, 0.1) is 0 Å². The Bertz CT molecular complexity index is 679. The predicted molar refractivity (Wildman–Crippen MR) is 94.7 cm³/mol. The van der Waals surface area contributed by atoms with Crippen molar-refractivity contribution in [3.8, 4) is 0 Å². The molecule has 2 aromatic rings. The first-order valence-electron chi connectivity index (χ1n) is 8.24. The van der Waals surface area contributed by atoms with E-state index < -0.39 is 0 Å². The van der Waals surface area contributed by atoms with E-state index in [4.69, 9.17) is 0 Å².